The predicted molar refractivity (Wildman–Crippen MR) is 94.3 cm³/mol. The summed E-state index contributed by atoms with van der Waals surface area (Å²) in [5.74, 6) is 1.16. The van der Waals surface area contributed by atoms with Crippen LogP contribution in [0.15, 0.2) is 47.4 Å². The van der Waals surface area contributed by atoms with Crippen molar-refractivity contribution in [2.45, 2.75) is 10.6 Å². The third-order valence-corrected chi connectivity index (χ3v) is 4.72. The molecule has 0 aliphatic heterocycles. The van der Waals surface area contributed by atoms with Crippen LogP contribution in [0, 0.1) is 0 Å². The van der Waals surface area contributed by atoms with Crippen molar-refractivity contribution in [2.24, 2.45) is 7.05 Å². The summed E-state index contributed by atoms with van der Waals surface area (Å²) in [7, 11) is 1.96. The van der Waals surface area contributed by atoms with Gasteiger partial charge in [0.15, 0.2) is 5.65 Å². The van der Waals surface area contributed by atoms with Crippen LogP contribution in [0.25, 0.3) is 22.4 Å². The van der Waals surface area contributed by atoms with E-state index >= 15 is 0 Å². The molecule has 7 nitrogen and oxygen atoms in total. The molecule has 4 aromatic rings. The summed E-state index contributed by atoms with van der Waals surface area (Å²) < 4.78 is 1.90. The second-order valence-corrected chi connectivity index (χ2v) is 6.37. The van der Waals surface area contributed by atoms with Gasteiger partial charge in [0.1, 0.15) is 11.3 Å². The smallest absolute Gasteiger partial charge is 0.179 e. The van der Waals surface area contributed by atoms with E-state index < -0.39 is 0 Å². The van der Waals surface area contributed by atoms with E-state index in [1.165, 1.54) is 0 Å². The van der Waals surface area contributed by atoms with Gasteiger partial charge in [-0.05, 0) is 17.7 Å². The summed E-state index contributed by atoms with van der Waals surface area (Å²) in [4.78, 5) is 5.12. The lowest BCUT2D eigenvalue weighted by Gasteiger charge is -2.01. The van der Waals surface area contributed by atoms with Crippen LogP contribution in [0.5, 0.6) is 0 Å². The summed E-state index contributed by atoms with van der Waals surface area (Å²) in [6, 6.07) is 14.1. The fourth-order valence-electron chi connectivity index (χ4n) is 2.57. The van der Waals surface area contributed by atoms with Gasteiger partial charge >= 0.3 is 0 Å². The lowest BCUT2D eigenvalue weighted by atomic mass is 10.1. The molecule has 3 heterocycles. The molecule has 0 spiro atoms. The standard InChI is InChI=1S/C16H15N7S/c1-23-12(10-5-3-2-4-6-10)7-11(21-23)9-24-13-8-14(17)18-16-15(13)19-22-20-16/h2-8H,9H2,1H3,(H3,17,18,19,20,22). The van der Waals surface area contributed by atoms with Crippen molar-refractivity contribution in [3.63, 3.8) is 0 Å². The number of thioether (sulfide) groups is 1. The monoisotopic (exact) mass is 337 g/mol. The van der Waals surface area contributed by atoms with E-state index in [-0.39, 0.29) is 0 Å². The number of H-pyrrole nitrogens is 1. The summed E-state index contributed by atoms with van der Waals surface area (Å²) >= 11 is 1.62. The molecule has 120 valence electrons. The van der Waals surface area contributed by atoms with Crippen LogP contribution in [-0.2, 0) is 12.8 Å². The Balaban J connectivity index is 1.59. The molecule has 3 N–H and O–H groups in total. The number of benzene rings is 1. The van der Waals surface area contributed by atoms with Gasteiger partial charge in [-0.15, -0.1) is 16.9 Å². The molecule has 0 fully saturated rings. The Bertz CT molecular complexity index is 990. The van der Waals surface area contributed by atoms with Gasteiger partial charge in [0.25, 0.3) is 0 Å². The minimum absolute atomic E-state index is 0.446. The van der Waals surface area contributed by atoms with Crippen LogP contribution in [-0.4, -0.2) is 30.2 Å². The molecule has 0 bridgehead atoms. The molecule has 3 aromatic heterocycles. The van der Waals surface area contributed by atoms with E-state index in [0.29, 0.717) is 17.2 Å². The van der Waals surface area contributed by atoms with E-state index in [0.717, 1.165) is 27.4 Å². The molecule has 24 heavy (non-hydrogen) atoms. The maximum Gasteiger partial charge on any atom is 0.179 e. The number of aromatic nitrogens is 6. The van der Waals surface area contributed by atoms with E-state index in [2.05, 4.69) is 43.7 Å². The molecule has 8 heteroatoms. The van der Waals surface area contributed by atoms with Crippen LogP contribution >= 0.6 is 11.8 Å². The van der Waals surface area contributed by atoms with E-state index in [1.54, 1.807) is 11.8 Å². The lowest BCUT2D eigenvalue weighted by molar-refractivity contribution is 0.762. The Labute approximate surface area is 142 Å². The quantitative estimate of drug-likeness (QED) is 0.556. The Morgan fingerprint density at radius 1 is 1.21 bits per heavy atom. The summed E-state index contributed by atoms with van der Waals surface area (Å²) in [6.45, 7) is 0. The van der Waals surface area contributed by atoms with Crippen LogP contribution in [0.1, 0.15) is 5.69 Å². The molecule has 0 amide bonds. The van der Waals surface area contributed by atoms with Gasteiger partial charge in [-0.2, -0.15) is 5.10 Å². The van der Waals surface area contributed by atoms with Crippen molar-refractivity contribution in [3.8, 4) is 11.3 Å². The highest BCUT2D eigenvalue weighted by atomic mass is 32.2. The summed E-state index contributed by atoms with van der Waals surface area (Å²) in [5, 5.41) is 15.2. The number of pyridine rings is 1. The number of nitrogens with one attached hydrogen (secondary N) is 1. The molecule has 0 aliphatic rings. The van der Waals surface area contributed by atoms with Crippen molar-refractivity contribution >= 4 is 28.7 Å². The highest BCUT2D eigenvalue weighted by Crippen LogP contribution is 2.30. The zero-order valence-electron chi connectivity index (χ0n) is 13.0. The number of nitrogens with zero attached hydrogens (tertiary/aromatic N) is 5. The topological polar surface area (TPSA) is 98.3 Å². The first kappa shape index (κ1) is 14.7. The Morgan fingerprint density at radius 2 is 2.04 bits per heavy atom. The minimum Gasteiger partial charge on any atom is -0.384 e. The predicted octanol–water partition coefficient (Wildman–Crippen LogP) is 2.63. The van der Waals surface area contributed by atoms with Crippen molar-refractivity contribution < 1.29 is 0 Å². The first-order valence-corrected chi connectivity index (χ1v) is 8.37. The van der Waals surface area contributed by atoms with Gasteiger partial charge in [0.05, 0.1) is 11.4 Å². The van der Waals surface area contributed by atoms with Gasteiger partial charge in [-0.3, -0.25) is 4.68 Å². The minimum atomic E-state index is 0.446. The number of fused-ring (bicyclic) bond motifs is 1. The fraction of sp³-hybridized carbons (Fsp3) is 0.125. The van der Waals surface area contributed by atoms with E-state index in [1.807, 2.05) is 36.0 Å². The molecule has 4 rings (SSSR count). The zero-order valence-corrected chi connectivity index (χ0v) is 13.8. The third kappa shape index (κ3) is 2.71. The zero-order chi connectivity index (χ0) is 16.5. The highest BCUT2D eigenvalue weighted by molar-refractivity contribution is 7.98. The Morgan fingerprint density at radius 3 is 2.88 bits per heavy atom. The molecule has 0 radical (unpaired) electrons. The number of nitrogens with two attached hydrogens (primary N) is 1. The normalized spacial score (nSPS) is 11.2. The molecule has 0 saturated heterocycles. The van der Waals surface area contributed by atoms with Gasteiger partial charge in [0.2, 0.25) is 0 Å². The van der Waals surface area contributed by atoms with Crippen molar-refractivity contribution in [2.75, 3.05) is 5.73 Å². The third-order valence-electron chi connectivity index (χ3n) is 3.66. The SMILES string of the molecule is Cn1nc(CSc2cc(N)nc3[nH]nnc23)cc1-c1ccccc1. The first-order valence-electron chi connectivity index (χ1n) is 7.39. The number of hydrogen-bond donors (Lipinski definition) is 2. The number of aromatic amines is 1. The maximum atomic E-state index is 5.84. The molecule has 1 aromatic carbocycles. The number of aryl methyl sites for hydroxylation is 1. The molecule has 0 aliphatic carbocycles. The second kappa shape index (κ2) is 5.97. The number of rotatable bonds is 4. The molecule has 0 atom stereocenters. The molecule has 0 unspecified atom stereocenters. The fourth-order valence-corrected chi connectivity index (χ4v) is 3.49. The van der Waals surface area contributed by atoms with Crippen molar-refractivity contribution in [1.29, 1.82) is 0 Å². The highest BCUT2D eigenvalue weighted by Gasteiger charge is 2.11. The molecular weight excluding hydrogens is 322 g/mol. The average molecular weight is 337 g/mol. The lowest BCUT2D eigenvalue weighted by Crippen LogP contribution is -1.94. The summed E-state index contributed by atoms with van der Waals surface area (Å²) in [6.07, 6.45) is 0. The van der Waals surface area contributed by atoms with E-state index in [4.69, 9.17) is 5.73 Å². The second-order valence-electron chi connectivity index (χ2n) is 5.35. The summed E-state index contributed by atoms with van der Waals surface area (Å²) in [5.41, 5.74) is 10.4. The number of nitrogen functional groups attached to an aromatic ring is 1. The largest absolute Gasteiger partial charge is 0.384 e. The van der Waals surface area contributed by atoms with Crippen LogP contribution in [0.2, 0.25) is 0 Å². The molecular formula is C16H15N7S. The first-order chi connectivity index (χ1) is 11.7. The van der Waals surface area contributed by atoms with Crippen molar-refractivity contribution in [1.82, 2.24) is 30.2 Å². The number of hydrogen-bond acceptors (Lipinski definition) is 6. The van der Waals surface area contributed by atoms with E-state index in [9.17, 15) is 0 Å². The van der Waals surface area contributed by atoms with Gasteiger partial charge < -0.3 is 5.73 Å². The van der Waals surface area contributed by atoms with Gasteiger partial charge in [0, 0.05) is 17.7 Å². The van der Waals surface area contributed by atoms with Crippen molar-refractivity contribution in [3.05, 3.63) is 48.2 Å². The Kier molecular flexibility index (Phi) is 3.66. The Hall–Kier alpha value is -2.87. The van der Waals surface area contributed by atoms with Gasteiger partial charge in [-0.1, -0.05) is 35.5 Å². The van der Waals surface area contributed by atoms with Crippen LogP contribution < -0.4 is 5.73 Å². The number of anilines is 1. The van der Waals surface area contributed by atoms with Gasteiger partial charge in [-0.25, -0.2) is 10.1 Å². The maximum absolute atomic E-state index is 5.84. The van der Waals surface area contributed by atoms with Crippen LogP contribution in [0.4, 0.5) is 5.82 Å². The molecule has 0 saturated carbocycles. The average Bonchev–Trinajstić information content (AvgIpc) is 3.19. The van der Waals surface area contributed by atoms with Crippen LogP contribution in [0.3, 0.4) is 0 Å².